The molecule has 3 aromatic carbocycles. The zero-order chi connectivity index (χ0) is 22.8. The van der Waals surface area contributed by atoms with E-state index in [4.69, 9.17) is 20.0 Å². The average molecular weight is 432 g/mol. The highest BCUT2D eigenvalue weighted by molar-refractivity contribution is 5.89. The number of fused-ring (bicyclic) bond motifs is 1. The molecule has 0 spiro atoms. The Balaban J connectivity index is 0.000000668. The fraction of sp³-hybridized carbons (Fsp3) is 0.222. The molecule has 32 heavy (non-hydrogen) atoms. The topological polar surface area (TPSA) is 85.7 Å². The summed E-state index contributed by atoms with van der Waals surface area (Å²) in [6.07, 6.45) is 1.64. The van der Waals surface area contributed by atoms with Crippen molar-refractivity contribution in [2.45, 2.75) is 19.8 Å². The number of aliphatic hydroxyl groups excluding tert-OH is 1. The zero-order valence-corrected chi connectivity index (χ0v) is 18.3. The van der Waals surface area contributed by atoms with Gasteiger partial charge in [-0.2, -0.15) is 0 Å². The Morgan fingerprint density at radius 2 is 1.56 bits per heavy atom. The molecule has 0 radical (unpaired) electrons. The summed E-state index contributed by atoms with van der Waals surface area (Å²) in [6, 6.07) is 24.4. The molecular weight excluding hydrogens is 402 g/mol. The van der Waals surface area contributed by atoms with Crippen molar-refractivity contribution < 1.29 is 14.3 Å². The molecule has 5 nitrogen and oxygen atoms in total. The molecule has 1 heterocycles. The molecule has 4 aromatic rings. The van der Waals surface area contributed by atoms with Crippen LogP contribution >= 0.6 is 0 Å². The summed E-state index contributed by atoms with van der Waals surface area (Å²) < 4.78 is 11.9. The van der Waals surface area contributed by atoms with Gasteiger partial charge in [-0.15, -0.1) is 0 Å². The van der Waals surface area contributed by atoms with Crippen molar-refractivity contribution in [1.82, 2.24) is 0 Å². The van der Waals surface area contributed by atoms with Gasteiger partial charge in [0.1, 0.15) is 17.1 Å². The largest absolute Gasteiger partial charge is 0.493 e. The monoisotopic (exact) mass is 431 g/mol. The van der Waals surface area contributed by atoms with Gasteiger partial charge in [-0.1, -0.05) is 67.6 Å². The number of rotatable bonds is 7. The zero-order valence-electron chi connectivity index (χ0n) is 18.3. The molecular formula is C27H29NO4. The van der Waals surface area contributed by atoms with Gasteiger partial charge in [0, 0.05) is 24.7 Å². The first-order valence-corrected chi connectivity index (χ1v) is 10.8. The predicted molar refractivity (Wildman–Crippen MR) is 130 cm³/mol. The molecule has 0 saturated heterocycles. The first-order chi connectivity index (χ1) is 15.7. The minimum Gasteiger partial charge on any atom is -0.493 e. The summed E-state index contributed by atoms with van der Waals surface area (Å²) in [6.45, 7) is 3.35. The Kier molecular flexibility index (Phi) is 8.61. The number of aliphatic hydroxyl groups is 1. The molecule has 0 bridgehead atoms. The van der Waals surface area contributed by atoms with E-state index in [2.05, 4.69) is 6.92 Å². The lowest BCUT2D eigenvalue weighted by Crippen LogP contribution is -2.08. The van der Waals surface area contributed by atoms with Crippen LogP contribution in [0.2, 0.25) is 0 Å². The normalized spacial score (nSPS) is 10.5. The number of ether oxygens (including phenoxy) is 1. The fourth-order valence-electron chi connectivity index (χ4n) is 3.18. The van der Waals surface area contributed by atoms with Gasteiger partial charge in [0.2, 0.25) is 5.43 Å². The fourth-order valence-corrected chi connectivity index (χ4v) is 3.18. The maximum absolute atomic E-state index is 13.4. The quantitative estimate of drug-likeness (QED) is 0.391. The highest BCUT2D eigenvalue weighted by atomic mass is 16.5. The van der Waals surface area contributed by atoms with Gasteiger partial charge in [-0.05, 0) is 30.7 Å². The van der Waals surface area contributed by atoms with Crippen LogP contribution in [0.25, 0.3) is 33.4 Å². The van der Waals surface area contributed by atoms with Crippen LogP contribution in [0.1, 0.15) is 19.8 Å². The molecule has 0 aliphatic carbocycles. The van der Waals surface area contributed by atoms with Crippen molar-refractivity contribution in [2.24, 2.45) is 5.73 Å². The van der Waals surface area contributed by atoms with E-state index >= 15 is 0 Å². The summed E-state index contributed by atoms with van der Waals surface area (Å²) in [4.78, 5) is 13.4. The second kappa shape index (κ2) is 11.8. The summed E-state index contributed by atoms with van der Waals surface area (Å²) in [5.74, 6) is 1.15. The summed E-state index contributed by atoms with van der Waals surface area (Å²) in [5.41, 5.74) is 7.64. The highest BCUT2D eigenvalue weighted by Crippen LogP contribution is 2.33. The lowest BCUT2D eigenvalue weighted by Gasteiger charge is -2.12. The van der Waals surface area contributed by atoms with Gasteiger partial charge in [-0.3, -0.25) is 4.79 Å². The maximum Gasteiger partial charge on any atom is 0.201 e. The van der Waals surface area contributed by atoms with Crippen molar-refractivity contribution in [3.63, 3.8) is 0 Å². The van der Waals surface area contributed by atoms with Gasteiger partial charge < -0.3 is 20.0 Å². The van der Waals surface area contributed by atoms with E-state index < -0.39 is 0 Å². The summed E-state index contributed by atoms with van der Waals surface area (Å²) in [5, 5.41) is 9.42. The lowest BCUT2D eigenvalue weighted by molar-refractivity contribution is 0.233. The third-order valence-electron chi connectivity index (χ3n) is 4.82. The van der Waals surface area contributed by atoms with Crippen LogP contribution in [0.3, 0.4) is 0 Å². The van der Waals surface area contributed by atoms with Gasteiger partial charge in [0.15, 0.2) is 0 Å². The minimum atomic E-state index is -0.0757. The van der Waals surface area contributed by atoms with Crippen molar-refractivity contribution in [1.29, 1.82) is 0 Å². The number of hydrogen-bond acceptors (Lipinski definition) is 5. The first kappa shape index (κ1) is 23.3. The SMILES string of the molecule is CCCN.O=c1c(-c2ccccc2)c(-c2ccccc2)oc2cc(OCCCO)ccc12. The van der Waals surface area contributed by atoms with E-state index in [1.54, 1.807) is 18.2 Å². The number of hydrogen-bond donors (Lipinski definition) is 2. The van der Waals surface area contributed by atoms with Crippen LogP contribution in [-0.2, 0) is 0 Å². The van der Waals surface area contributed by atoms with Crippen LogP contribution in [0.4, 0.5) is 0 Å². The molecule has 0 unspecified atom stereocenters. The highest BCUT2D eigenvalue weighted by Gasteiger charge is 2.18. The molecule has 5 heteroatoms. The van der Waals surface area contributed by atoms with Crippen LogP contribution in [-0.4, -0.2) is 24.9 Å². The third-order valence-corrected chi connectivity index (χ3v) is 4.82. The maximum atomic E-state index is 13.4. The van der Waals surface area contributed by atoms with Gasteiger partial charge in [0.05, 0.1) is 17.6 Å². The van der Waals surface area contributed by atoms with E-state index in [0.717, 1.165) is 24.1 Å². The first-order valence-electron chi connectivity index (χ1n) is 10.8. The predicted octanol–water partition coefficient (Wildman–Crippen LogP) is 5.24. The molecule has 0 aliphatic heterocycles. The van der Waals surface area contributed by atoms with Gasteiger partial charge >= 0.3 is 0 Å². The molecule has 3 N–H and O–H groups in total. The van der Waals surface area contributed by atoms with Crippen LogP contribution in [0, 0.1) is 0 Å². The second-order valence-electron chi connectivity index (χ2n) is 7.24. The standard InChI is InChI=1S/C24H20O4.C3H9N/c25-14-7-15-27-19-12-13-20-21(16-19)28-24(18-10-5-2-6-11-18)22(23(20)26)17-8-3-1-4-9-17;1-2-3-4/h1-6,8-13,16,25H,7,14-15H2;2-4H2,1H3. The van der Waals surface area contributed by atoms with Crippen molar-refractivity contribution in [3.8, 4) is 28.2 Å². The molecule has 4 rings (SSSR count). The Labute approximate surface area is 188 Å². The Morgan fingerprint density at radius 1 is 0.938 bits per heavy atom. The van der Waals surface area contributed by atoms with E-state index in [1.165, 1.54) is 0 Å². The molecule has 166 valence electrons. The van der Waals surface area contributed by atoms with Crippen molar-refractivity contribution in [3.05, 3.63) is 89.1 Å². The Morgan fingerprint density at radius 3 is 2.16 bits per heavy atom. The second-order valence-corrected chi connectivity index (χ2v) is 7.24. The average Bonchev–Trinajstić information content (AvgIpc) is 2.85. The van der Waals surface area contributed by atoms with Crippen LogP contribution in [0.15, 0.2) is 88.1 Å². The summed E-state index contributed by atoms with van der Waals surface area (Å²) >= 11 is 0. The summed E-state index contributed by atoms with van der Waals surface area (Å²) in [7, 11) is 0. The Bertz CT molecular complexity index is 1170. The number of nitrogens with two attached hydrogens (primary N) is 1. The molecule has 0 fully saturated rings. The molecule has 0 saturated carbocycles. The molecule has 0 amide bonds. The Hall–Kier alpha value is -3.41. The van der Waals surface area contributed by atoms with Gasteiger partial charge in [0.25, 0.3) is 0 Å². The van der Waals surface area contributed by atoms with Crippen molar-refractivity contribution in [2.75, 3.05) is 19.8 Å². The molecule has 0 atom stereocenters. The lowest BCUT2D eigenvalue weighted by atomic mass is 9.98. The van der Waals surface area contributed by atoms with E-state index in [-0.39, 0.29) is 12.0 Å². The smallest absolute Gasteiger partial charge is 0.201 e. The van der Waals surface area contributed by atoms with E-state index in [9.17, 15) is 4.79 Å². The van der Waals surface area contributed by atoms with Crippen LogP contribution in [0.5, 0.6) is 5.75 Å². The third kappa shape index (κ3) is 5.63. The molecule has 0 aliphatic rings. The van der Waals surface area contributed by atoms with E-state index in [1.807, 2.05) is 60.7 Å². The number of benzene rings is 3. The van der Waals surface area contributed by atoms with E-state index in [0.29, 0.717) is 41.1 Å². The van der Waals surface area contributed by atoms with Crippen molar-refractivity contribution >= 4 is 11.0 Å². The molecule has 1 aromatic heterocycles. The minimum absolute atomic E-state index is 0.0707. The van der Waals surface area contributed by atoms with Gasteiger partial charge in [-0.25, -0.2) is 0 Å². The van der Waals surface area contributed by atoms with Crippen LogP contribution < -0.4 is 15.9 Å².